The Morgan fingerprint density at radius 2 is 1.87 bits per heavy atom. The summed E-state index contributed by atoms with van der Waals surface area (Å²) in [6.07, 6.45) is -9.16. The van der Waals surface area contributed by atoms with Crippen LogP contribution in [0.25, 0.3) is 17.0 Å². The SMILES string of the molecule is Cc1ccc2nc(NC(=O)CC(C)C(F)(F)F)c(-c3cc(C(F)(F)F)ccn3)n2n1. The maximum atomic E-state index is 13.1. The molecular weight excluding hydrogens is 416 g/mol. The minimum atomic E-state index is -4.65. The predicted octanol–water partition coefficient (Wildman–Crippen LogP) is 4.65. The number of halogens is 6. The lowest BCUT2D eigenvalue weighted by Gasteiger charge is -2.15. The van der Waals surface area contributed by atoms with Crippen LogP contribution in [0.1, 0.15) is 24.6 Å². The van der Waals surface area contributed by atoms with Gasteiger partial charge < -0.3 is 5.32 Å². The normalized spacial score (nSPS) is 13.5. The zero-order chi connectivity index (χ0) is 22.3. The van der Waals surface area contributed by atoms with Crippen molar-refractivity contribution in [2.24, 2.45) is 5.92 Å². The third-order valence-corrected chi connectivity index (χ3v) is 4.25. The van der Waals surface area contributed by atoms with Crippen molar-refractivity contribution in [3.05, 3.63) is 41.7 Å². The molecule has 30 heavy (non-hydrogen) atoms. The molecule has 1 amide bonds. The van der Waals surface area contributed by atoms with Gasteiger partial charge in [-0.25, -0.2) is 9.50 Å². The molecule has 1 unspecified atom stereocenters. The van der Waals surface area contributed by atoms with E-state index in [4.69, 9.17) is 0 Å². The number of fused-ring (bicyclic) bond motifs is 1. The fraction of sp³-hybridized carbons (Fsp3) is 0.333. The topological polar surface area (TPSA) is 72.2 Å². The molecule has 3 heterocycles. The van der Waals surface area contributed by atoms with Crippen LogP contribution in [-0.4, -0.2) is 31.7 Å². The van der Waals surface area contributed by atoms with Crippen LogP contribution in [-0.2, 0) is 11.0 Å². The zero-order valence-corrected chi connectivity index (χ0v) is 15.6. The number of hydrogen-bond donors (Lipinski definition) is 1. The van der Waals surface area contributed by atoms with Crippen LogP contribution in [0.3, 0.4) is 0 Å². The minimum absolute atomic E-state index is 0.0761. The van der Waals surface area contributed by atoms with Crippen LogP contribution in [0.5, 0.6) is 0 Å². The number of pyridine rings is 1. The minimum Gasteiger partial charge on any atom is -0.309 e. The number of amides is 1. The van der Waals surface area contributed by atoms with Gasteiger partial charge in [-0.15, -0.1) is 0 Å². The number of nitrogens with zero attached hydrogens (tertiary/aromatic N) is 4. The second-order valence-corrected chi connectivity index (χ2v) is 6.68. The van der Waals surface area contributed by atoms with Crippen LogP contribution in [0.15, 0.2) is 30.5 Å². The van der Waals surface area contributed by atoms with Gasteiger partial charge in [0.05, 0.1) is 22.9 Å². The zero-order valence-electron chi connectivity index (χ0n) is 15.6. The monoisotopic (exact) mass is 431 g/mol. The van der Waals surface area contributed by atoms with Gasteiger partial charge in [-0.05, 0) is 31.2 Å². The summed E-state index contributed by atoms with van der Waals surface area (Å²) >= 11 is 0. The molecule has 0 aliphatic rings. The number of nitrogens with one attached hydrogen (secondary N) is 1. The Balaban J connectivity index is 2.07. The molecule has 0 fully saturated rings. The van der Waals surface area contributed by atoms with Gasteiger partial charge in [0, 0.05) is 12.6 Å². The Labute approximate surface area is 165 Å². The molecule has 6 nitrogen and oxygen atoms in total. The van der Waals surface area contributed by atoms with Gasteiger partial charge in [0.2, 0.25) is 5.91 Å². The first kappa shape index (κ1) is 21.5. The summed E-state index contributed by atoms with van der Waals surface area (Å²) in [5, 5.41) is 6.42. The molecule has 3 rings (SSSR count). The summed E-state index contributed by atoms with van der Waals surface area (Å²) in [7, 11) is 0. The molecule has 160 valence electrons. The number of aryl methyl sites for hydroxylation is 1. The molecule has 3 aromatic rings. The van der Waals surface area contributed by atoms with Crippen LogP contribution in [0, 0.1) is 12.8 Å². The van der Waals surface area contributed by atoms with Gasteiger partial charge in [-0.2, -0.15) is 31.4 Å². The number of aromatic nitrogens is 4. The molecule has 0 saturated heterocycles. The standard InChI is InChI=1S/C18H15F6N5O/c1-9(17(19,20)21)7-14(30)27-16-15(29-13(26-16)4-3-10(2)28-29)12-8-11(5-6-25-12)18(22,23)24/h3-6,8-9H,7H2,1-2H3,(H,27,30). The summed E-state index contributed by atoms with van der Waals surface area (Å²) in [6, 6.07) is 4.62. The number of anilines is 1. The van der Waals surface area contributed by atoms with Gasteiger partial charge in [0.1, 0.15) is 5.69 Å². The van der Waals surface area contributed by atoms with Gasteiger partial charge in [-0.1, -0.05) is 6.92 Å². The predicted molar refractivity (Wildman–Crippen MR) is 94.4 cm³/mol. The van der Waals surface area contributed by atoms with Crippen LogP contribution in [0.2, 0.25) is 0 Å². The summed E-state index contributed by atoms with van der Waals surface area (Å²) in [4.78, 5) is 20.2. The maximum absolute atomic E-state index is 13.1. The number of imidazole rings is 1. The van der Waals surface area contributed by atoms with Crippen molar-refractivity contribution in [2.45, 2.75) is 32.6 Å². The highest BCUT2D eigenvalue weighted by molar-refractivity contribution is 5.94. The molecule has 0 aromatic carbocycles. The highest BCUT2D eigenvalue weighted by atomic mass is 19.4. The highest BCUT2D eigenvalue weighted by Crippen LogP contribution is 2.34. The Hall–Kier alpha value is -3.18. The molecule has 0 radical (unpaired) electrons. The average Bonchev–Trinajstić information content (AvgIpc) is 2.97. The average molecular weight is 431 g/mol. The van der Waals surface area contributed by atoms with E-state index in [0.717, 1.165) is 25.3 Å². The molecule has 1 N–H and O–H groups in total. The first-order valence-electron chi connectivity index (χ1n) is 8.63. The molecule has 12 heteroatoms. The number of hydrogen-bond acceptors (Lipinski definition) is 4. The number of alkyl halides is 6. The van der Waals surface area contributed by atoms with Crippen LogP contribution >= 0.6 is 0 Å². The number of carbonyl (C=O) groups excluding carboxylic acids is 1. The second kappa shape index (κ2) is 7.58. The summed E-state index contributed by atoms with van der Waals surface area (Å²) < 4.78 is 78.7. The van der Waals surface area contributed by atoms with Crippen molar-refractivity contribution in [1.82, 2.24) is 19.6 Å². The molecule has 3 aromatic heterocycles. The van der Waals surface area contributed by atoms with Crippen molar-refractivity contribution in [1.29, 1.82) is 0 Å². The summed E-state index contributed by atoms with van der Waals surface area (Å²) in [6.45, 7) is 2.48. The Kier molecular flexibility index (Phi) is 5.44. The van der Waals surface area contributed by atoms with E-state index < -0.39 is 36.2 Å². The van der Waals surface area contributed by atoms with Gasteiger partial charge in [0.25, 0.3) is 0 Å². The van der Waals surface area contributed by atoms with Gasteiger partial charge in [-0.3, -0.25) is 9.78 Å². The van der Waals surface area contributed by atoms with Gasteiger partial charge >= 0.3 is 12.4 Å². The first-order valence-corrected chi connectivity index (χ1v) is 8.63. The summed E-state index contributed by atoms with van der Waals surface area (Å²) in [5.74, 6) is -3.14. The van der Waals surface area contributed by atoms with Crippen molar-refractivity contribution in [2.75, 3.05) is 5.32 Å². The van der Waals surface area contributed by atoms with E-state index in [2.05, 4.69) is 20.4 Å². The lowest BCUT2D eigenvalue weighted by molar-refractivity contribution is -0.173. The highest BCUT2D eigenvalue weighted by Gasteiger charge is 2.37. The lowest BCUT2D eigenvalue weighted by Crippen LogP contribution is -2.25. The van der Waals surface area contributed by atoms with Crippen molar-refractivity contribution >= 4 is 17.4 Å². The van der Waals surface area contributed by atoms with Crippen molar-refractivity contribution in [3.8, 4) is 11.4 Å². The van der Waals surface area contributed by atoms with E-state index in [1.54, 1.807) is 13.0 Å². The van der Waals surface area contributed by atoms with Crippen molar-refractivity contribution in [3.63, 3.8) is 0 Å². The largest absolute Gasteiger partial charge is 0.416 e. The Morgan fingerprint density at radius 3 is 2.50 bits per heavy atom. The quantitative estimate of drug-likeness (QED) is 0.611. The molecule has 0 aliphatic heterocycles. The molecular formula is C18H15F6N5O. The second-order valence-electron chi connectivity index (χ2n) is 6.68. The first-order chi connectivity index (χ1) is 13.9. The molecule has 0 spiro atoms. The Bertz CT molecular complexity index is 1090. The fourth-order valence-corrected chi connectivity index (χ4v) is 2.66. The fourth-order valence-electron chi connectivity index (χ4n) is 2.66. The van der Waals surface area contributed by atoms with Crippen LogP contribution < -0.4 is 5.32 Å². The maximum Gasteiger partial charge on any atom is 0.416 e. The van der Waals surface area contributed by atoms with Gasteiger partial charge in [0.15, 0.2) is 11.5 Å². The van der Waals surface area contributed by atoms with E-state index in [0.29, 0.717) is 5.69 Å². The third-order valence-electron chi connectivity index (χ3n) is 4.25. The van der Waals surface area contributed by atoms with E-state index in [1.165, 1.54) is 10.6 Å². The lowest BCUT2D eigenvalue weighted by atomic mass is 10.1. The van der Waals surface area contributed by atoms with E-state index in [1.807, 2.05) is 0 Å². The van der Waals surface area contributed by atoms with E-state index in [-0.39, 0.29) is 22.9 Å². The number of rotatable bonds is 4. The third kappa shape index (κ3) is 4.52. The summed E-state index contributed by atoms with van der Waals surface area (Å²) in [5.41, 5.74) is -0.592. The number of carbonyl (C=O) groups is 1. The van der Waals surface area contributed by atoms with Crippen LogP contribution in [0.4, 0.5) is 32.2 Å². The molecule has 0 aliphatic carbocycles. The Morgan fingerprint density at radius 1 is 1.17 bits per heavy atom. The molecule has 0 bridgehead atoms. The van der Waals surface area contributed by atoms with E-state index >= 15 is 0 Å². The smallest absolute Gasteiger partial charge is 0.309 e. The molecule has 1 atom stereocenters. The molecule has 0 saturated carbocycles. The van der Waals surface area contributed by atoms with E-state index in [9.17, 15) is 31.1 Å². The van der Waals surface area contributed by atoms with Crippen molar-refractivity contribution < 1.29 is 31.1 Å².